The largest absolute Gasteiger partial charge is 0.348 e. The first-order valence-corrected chi connectivity index (χ1v) is 10.9. The Morgan fingerprint density at radius 2 is 1.97 bits per heavy atom. The molecule has 0 radical (unpaired) electrons. The smallest absolute Gasteiger partial charge is 0.244 e. The maximum absolute atomic E-state index is 13.7. The van der Waals surface area contributed by atoms with E-state index in [9.17, 15) is 13.2 Å². The van der Waals surface area contributed by atoms with Crippen LogP contribution >= 0.6 is 0 Å². The minimum atomic E-state index is -3.83. The molecule has 1 aliphatic heterocycles. The van der Waals surface area contributed by atoms with Gasteiger partial charge in [-0.15, -0.1) is 0 Å². The van der Waals surface area contributed by atoms with Crippen LogP contribution in [0.3, 0.4) is 0 Å². The first-order chi connectivity index (χ1) is 13.4. The van der Waals surface area contributed by atoms with Crippen molar-refractivity contribution in [2.75, 3.05) is 0 Å². The van der Waals surface area contributed by atoms with E-state index >= 15 is 0 Å². The average molecular weight is 417 g/mol. The van der Waals surface area contributed by atoms with Crippen LogP contribution in [0.15, 0.2) is 54.1 Å². The fraction of sp³-hybridized carbons (Fsp3) is 0.429. The molecule has 1 fully saturated rings. The Kier molecular flexibility index (Phi) is 5.21. The molecule has 1 amide bonds. The van der Waals surface area contributed by atoms with Crippen LogP contribution in [0.5, 0.6) is 0 Å². The average Bonchev–Trinajstić information content (AvgIpc) is 3.13. The maximum atomic E-state index is 13.7. The number of rotatable bonds is 5. The van der Waals surface area contributed by atoms with Gasteiger partial charge in [0.15, 0.2) is 0 Å². The molecule has 29 heavy (non-hydrogen) atoms. The molecule has 2 heterocycles. The summed E-state index contributed by atoms with van der Waals surface area (Å²) in [4.78, 5) is 12.1. The van der Waals surface area contributed by atoms with E-state index in [4.69, 9.17) is 0 Å². The number of hydrogen-bond acceptors (Lipinski definition) is 4. The van der Waals surface area contributed by atoms with Crippen molar-refractivity contribution in [1.29, 1.82) is 0 Å². The Labute approximate surface area is 172 Å². The van der Waals surface area contributed by atoms with Crippen LogP contribution in [0, 0.1) is 0 Å². The summed E-state index contributed by atoms with van der Waals surface area (Å²) >= 11 is 0. The summed E-state index contributed by atoms with van der Waals surface area (Å²) < 4.78 is 30.7. The molecule has 0 spiro atoms. The van der Waals surface area contributed by atoms with E-state index in [1.54, 1.807) is 29.1 Å². The monoisotopic (exact) mass is 416 g/mol. The minimum Gasteiger partial charge on any atom is -0.348 e. The lowest BCUT2D eigenvalue weighted by Crippen LogP contribution is -2.56. The van der Waals surface area contributed by atoms with E-state index in [1.807, 2.05) is 46.9 Å². The van der Waals surface area contributed by atoms with E-state index in [2.05, 4.69) is 17.0 Å². The Balaban J connectivity index is 2.05. The predicted octanol–water partition coefficient (Wildman–Crippen LogP) is 2.71. The molecular formula is C21H28N4O3S. The van der Waals surface area contributed by atoms with Gasteiger partial charge >= 0.3 is 0 Å². The van der Waals surface area contributed by atoms with Gasteiger partial charge in [0.2, 0.25) is 15.9 Å². The van der Waals surface area contributed by atoms with Gasteiger partial charge in [-0.25, -0.2) is 8.42 Å². The molecule has 1 N–H and O–H groups in total. The molecular weight excluding hydrogens is 388 g/mol. The Hall–Kier alpha value is -2.45. The molecule has 1 aromatic heterocycles. The summed E-state index contributed by atoms with van der Waals surface area (Å²) in [6, 6.07) is 8.39. The van der Waals surface area contributed by atoms with Crippen LogP contribution < -0.4 is 5.32 Å². The summed E-state index contributed by atoms with van der Waals surface area (Å²) in [5.74, 6) is -0.309. The van der Waals surface area contributed by atoms with E-state index in [1.165, 1.54) is 10.4 Å². The predicted molar refractivity (Wildman–Crippen MR) is 113 cm³/mol. The van der Waals surface area contributed by atoms with E-state index < -0.39 is 21.1 Å². The lowest BCUT2D eigenvalue weighted by molar-refractivity contribution is -0.117. The molecule has 7 nitrogen and oxygen atoms in total. The van der Waals surface area contributed by atoms with Crippen LogP contribution in [0.1, 0.15) is 34.1 Å². The van der Waals surface area contributed by atoms with Crippen molar-refractivity contribution in [3.8, 4) is 11.3 Å². The van der Waals surface area contributed by atoms with Gasteiger partial charge < -0.3 is 5.32 Å². The number of aromatic nitrogens is 2. The summed E-state index contributed by atoms with van der Waals surface area (Å²) in [6.45, 7) is 11.0. The highest BCUT2D eigenvalue weighted by molar-refractivity contribution is 7.89. The molecule has 0 saturated carbocycles. The molecule has 8 heteroatoms. The number of nitrogens with one attached hydrogen (secondary N) is 1. The molecule has 1 atom stereocenters. The van der Waals surface area contributed by atoms with Gasteiger partial charge in [0.25, 0.3) is 0 Å². The zero-order chi connectivity index (χ0) is 21.6. The van der Waals surface area contributed by atoms with E-state index in [0.717, 1.165) is 11.3 Å². The van der Waals surface area contributed by atoms with Gasteiger partial charge in [0.1, 0.15) is 0 Å². The first-order valence-electron chi connectivity index (χ1n) is 9.48. The van der Waals surface area contributed by atoms with Crippen LogP contribution in [0.2, 0.25) is 0 Å². The van der Waals surface area contributed by atoms with Crippen LogP contribution in [-0.2, 0) is 21.9 Å². The van der Waals surface area contributed by atoms with Gasteiger partial charge in [-0.2, -0.15) is 9.40 Å². The van der Waals surface area contributed by atoms with Crippen LogP contribution in [-0.4, -0.2) is 45.5 Å². The molecule has 156 valence electrons. The second-order valence-electron chi connectivity index (χ2n) is 8.57. The molecule has 1 saturated heterocycles. The lowest BCUT2D eigenvalue weighted by atomic mass is 9.94. The van der Waals surface area contributed by atoms with Gasteiger partial charge in [0, 0.05) is 30.4 Å². The summed E-state index contributed by atoms with van der Waals surface area (Å²) in [5, 5.41) is 7.06. The van der Waals surface area contributed by atoms with Gasteiger partial charge in [-0.1, -0.05) is 18.7 Å². The second-order valence-corrected chi connectivity index (χ2v) is 10.4. The third-order valence-electron chi connectivity index (χ3n) is 5.62. The van der Waals surface area contributed by atoms with Crippen molar-refractivity contribution in [1.82, 2.24) is 19.4 Å². The van der Waals surface area contributed by atoms with Crippen molar-refractivity contribution < 1.29 is 13.2 Å². The molecule has 1 unspecified atom stereocenters. The topological polar surface area (TPSA) is 84.3 Å². The summed E-state index contributed by atoms with van der Waals surface area (Å²) in [6.07, 6.45) is 3.38. The zero-order valence-corrected chi connectivity index (χ0v) is 18.3. The molecule has 1 aromatic carbocycles. The number of aryl methyl sites for hydroxylation is 1. The van der Waals surface area contributed by atoms with E-state index in [-0.39, 0.29) is 16.8 Å². The molecule has 0 bridgehead atoms. The molecule has 2 aromatic rings. The van der Waals surface area contributed by atoms with Crippen molar-refractivity contribution in [2.24, 2.45) is 7.05 Å². The Morgan fingerprint density at radius 1 is 1.28 bits per heavy atom. The second kappa shape index (κ2) is 7.11. The van der Waals surface area contributed by atoms with Crippen molar-refractivity contribution in [3.05, 3.63) is 49.2 Å². The highest BCUT2D eigenvalue weighted by Gasteiger charge is 2.57. The van der Waals surface area contributed by atoms with E-state index in [0.29, 0.717) is 6.42 Å². The normalized spacial score (nSPS) is 21.1. The fourth-order valence-electron chi connectivity index (χ4n) is 4.43. The van der Waals surface area contributed by atoms with Gasteiger partial charge in [0.05, 0.1) is 16.1 Å². The SMILES string of the molecule is C=CC(=O)NC1CC(C)(C)N(S(=O)(=O)c2cccc(-c3ccnn3C)c2)C1(C)C. The number of benzene rings is 1. The zero-order valence-electron chi connectivity index (χ0n) is 17.5. The number of sulfonamides is 1. The fourth-order valence-corrected chi connectivity index (χ4v) is 6.63. The lowest BCUT2D eigenvalue weighted by Gasteiger charge is -2.40. The number of carbonyl (C=O) groups excluding carboxylic acids is 1. The number of hydrogen-bond donors (Lipinski definition) is 1. The number of nitrogens with zero attached hydrogens (tertiary/aromatic N) is 3. The quantitative estimate of drug-likeness (QED) is 0.760. The Morgan fingerprint density at radius 3 is 2.55 bits per heavy atom. The minimum absolute atomic E-state index is 0.216. The van der Waals surface area contributed by atoms with Crippen molar-refractivity contribution in [3.63, 3.8) is 0 Å². The van der Waals surface area contributed by atoms with Crippen LogP contribution in [0.25, 0.3) is 11.3 Å². The van der Waals surface area contributed by atoms with Gasteiger partial charge in [-0.05, 0) is 58.4 Å². The standard InChI is InChI=1S/C21H28N4O3S/c1-7-19(26)23-18-14-20(2,3)25(21(18,4)5)29(27,28)16-10-8-9-15(13-16)17-11-12-22-24(17)6/h7-13,18H,1,14H2,2-6H3,(H,23,26). The highest BCUT2D eigenvalue weighted by atomic mass is 32.2. The van der Waals surface area contributed by atoms with Gasteiger partial charge in [-0.3, -0.25) is 9.48 Å². The number of amides is 1. The third-order valence-corrected chi connectivity index (χ3v) is 7.92. The third kappa shape index (κ3) is 3.62. The van der Waals surface area contributed by atoms with Crippen LogP contribution in [0.4, 0.5) is 0 Å². The molecule has 1 aliphatic rings. The molecule has 3 rings (SSSR count). The van der Waals surface area contributed by atoms with Crippen molar-refractivity contribution >= 4 is 15.9 Å². The molecule has 0 aliphatic carbocycles. The number of carbonyl (C=O) groups is 1. The highest BCUT2D eigenvalue weighted by Crippen LogP contribution is 2.45. The maximum Gasteiger partial charge on any atom is 0.244 e. The summed E-state index contributed by atoms with van der Waals surface area (Å²) in [7, 11) is -2.01. The first kappa shape index (κ1) is 21.3. The van der Waals surface area contributed by atoms with Crippen molar-refractivity contribution in [2.45, 2.75) is 56.1 Å². The Bertz CT molecular complexity index is 1050. The summed E-state index contributed by atoms with van der Waals surface area (Å²) in [5.41, 5.74) is 0.114.